The average Bonchev–Trinajstić information content (AvgIpc) is 3.10. The van der Waals surface area contributed by atoms with E-state index < -0.39 is 12.1 Å². The van der Waals surface area contributed by atoms with Gasteiger partial charge in [-0.1, -0.05) is 23.7 Å². The lowest BCUT2D eigenvalue weighted by molar-refractivity contribution is -0.151. The van der Waals surface area contributed by atoms with Crippen molar-refractivity contribution < 1.29 is 23.5 Å². The van der Waals surface area contributed by atoms with Gasteiger partial charge in [0.05, 0.1) is 17.2 Å². The van der Waals surface area contributed by atoms with E-state index in [4.69, 9.17) is 25.5 Å². The van der Waals surface area contributed by atoms with Crippen molar-refractivity contribution in [1.82, 2.24) is 4.90 Å². The van der Waals surface area contributed by atoms with Crippen LogP contribution in [-0.4, -0.2) is 48.2 Å². The summed E-state index contributed by atoms with van der Waals surface area (Å²) in [5, 5.41) is 0.519. The van der Waals surface area contributed by atoms with E-state index >= 15 is 0 Å². The van der Waals surface area contributed by atoms with Gasteiger partial charge >= 0.3 is 5.97 Å². The van der Waals surface area contributed by atoms with Crippen molar-refractivity contribution in [3.05, 3.63) is 47.2 Å². The van der Waals surface area contributed by atoms with Crippen molar-refractivity contribution in [2.75, 3.05) is 13.1 Å². The van der Waals surface area contributed by atoms with Gasteiger partial charge in [0, 0.05) is 18.7 Å². The number of amides is 1. The van der Waals surface area contributed by atoms with Crippen molar-refractivity contribution in [3.63, 3.8) is 0 Å². The van der Waals surface area contributed by atoms with Crippen LogP contribution in [0, 0.1) is 0 Å². The zero-order chi connectivity index (χ0) is 19.6. The van der Waals surface area contributed by atoms with Crippen LogP contribution in [0.5, 0.6) is 0 Å². The second kappa shape index (κ2) is 8.15. The number of nitrogens with zero attached hydrogens (tertiary/aromatic N) is 1. The van der Waals surface area contributed by atoms with Gasteiger partial charge in [-0.25, -0.2) is 4.79 Å². The Hall–Kier alpha value is -2.31. The third-order valence-electron chi connectivity index (χ3n) is 4.31. The van der Waals surface area contributed by atoms with E-state index in [2.05, 4.69) is 0 Å². The molecule has 1 fully saturated rings. The van der Waals surface area contributed by atoms with Crippen LogP contribution in [0.1, 0.15) is 31.3 Å². The molecule has 3 rings (SSSR count). The standard InChI is InChI=1S/C20H22ClNO5/c1-12-10-22(11-13(2)25-12)19(23)14(3)26-20(24)18-9-8-17(27-18)15-6-4-5-7-16(15)21/h4-9,12-14H,10-11H2,1-3H3/t12-,13+,14-/m1/s1. The van der Waals surface area contributed by atoms with Gasteiger partial charge in [-0.15, -0.1) is 0 Å². The Kier molecular flexibility index (Phi) is 5.87. The maximum atomic E-state index is 12.6. The first-order chi connectivity index (χ1) is 12.8. The quantitative estimate of drug-likeness (QED) is 0.742. The second-order valence-electron chi connectivity index (χ2n) is 6.69. The van der Waals surface area contributed by atoms with Gasteiger partial charge < -0.3 is 18.8 Å². The topological polar surface area (TPSA) is 69.0 Å². The predicted octanol–water partition coefficient (Wildman–Crippen LogP) is 3.78. The minimum atomic E-state index is -0.913. The molecule has 0 saturated carbocycles. The van der Waals surface area contributed by atoms with Crippen molar-refractivity contribution in [1.29, 1.82) is 0 Å². The first-order valence-electron chi connectivity index (χ1n) is 8.85. The zero-order valence-corrected chi connectivity index (χ0v) is 16.2. The molecular formula is C20H22ClNO5. The van der Waals surface area contributed by atoms with E-state index in [0.29, 0.717) is 29.4 Å². The number of ether oxygens (including phenoxy) is 2. The smallest absolute Gasteiger partial charge is 0.375 e. The third kappa shape index (κ3) is 4.51. The minimum Gasteiger partial charge on any atom is -0.449 e. The van der Waals surface area contributed by atoms with E-state index in [-0.39, 0.29) is 23.9 Å². The number of morpholine rings is 1. The number of benzene rings is 1. The molecule has 2 heterocycles. The highest BCUT2D eigenvalue weighted by Crippen LogP contribution is 2.29. The summed E-state index contributed by atoms with van der Waals surface area (Å²) in [6.07, 6.45) is -1.02. The maximum absolute atomic E-state index is 12.6. The van der Waals surface area contributed by atoms with Crippen molar-refractivity contribution in [2.45, 2.75) is 39.1 Å². The molecule has 0 bridgehead atoms. The molecule has 0 aliphatic carbocycles. The SMILES string of the molecule is C[C@@H]1CN(C(=O)[C@@H](C)OC(=O)c2ccc(-c3ccccc3Cl)o2)C[C@H](C)O1. The molecule has 1 aromatic carbocycles. The molecule has 2 aromatic rings. The fraction of sp³-hybridized carbons (Fsp3) is 0.400. The number of rotatable bonds is 4. The van der Waals surface area contributed by atoms with Gasteiger partial charge in [0.25, 0.3) is 5.91 Å². The number of esters is 1. The Balaban J connectivity index is 1.65. The normalized spacial score (nSPS) is 21.0. The fourth-order valence-corrected chi connectivity index (χ4v) is 3.37. The molecule has 0 spiro atoms. The molecule has 0 radical (unpaired) electrons. The van der Waals surface area contributed by atoms with Crippen LogP contribution in [-0.2, 0) is 14.3 Å². The largest absolute Gasteiger partial charge is 0.449 e. The molecule has 1 aliphatic rings. The summed E-state index contributed by atoms with van der Waals surface area (Å²) >= 11 is 6.15. The Bertz CT molecular complexity index is 823. The van der Waals surface area contributed by atoms with Crippen LogP contribution < -0.4 is 0 Å². The fourth-order valence-electron chi connectivity index (χ4n) is 3.14. The summed E-state index contributed by atoms with van der Waals surface area (Å²) in [5.74, 6) is -0.456. The number of halogens is 1. The summed E-state index contributed by atoms with van der Waals surface area (Å²) < 4.78 is 16.5. The average molecular weight is 392 g/mol. The summed E-state index contributed by atoms with van der Waals surface area (Å²) in [6.45, 7) is 6.32. The van der Waals surface area contributed by atoms with E-state index in [1.807, 2.05) is 26.0 Å². The highest BCUT2D eigenvalue weighted by Gasteiger charge is 2.31. The summed E-state index contributed by atoms with van der Waals surface area (Å²) in [4.78, 5) is 26.6. The van der Waals surface area contributed by atoms with Crippen molar-refractivity contribution in [3.8, 4) is 11.3 Å². The summed E-state index contributed by atoms with van der Waals surface area (Å²) in [5.41, 5.74) is 0.679. The molecule has 1 amide bonds. The number of hydrogen-bond acceptors (Lipinski definition) is 5. The lowest BCUT2D eigenvalue weighted by Crippen LogP contribution is -2.51. The highest BCUT2D eigenvalue weighted by molar-refractivity contribution is 6.33. The Morgan fingerprint density at radius 1 is 1.15 bits per heavy atom. The summed E-state index contributed by atoms with van der Waals surface area (Å²) in [7, 11) is 0. The number of hydrogen-bond donors (Lipinski definition) is 0. The molecule has 1 aliphatic heterocycles. The molecule has 6 nitrogen and oxygen atoms in total. The molecule has 0 N–H and O–H groups in total. The van der Waals surface area contributed by atoms with Gasteiger partial charge in [-0.2, -0.15) is 0 Å². The van der Waals surface area contributed by atoms with E-state index in [1.165, 1.54) is 6.07 Å². The van der Waals surface area contributed by atoms with E-state index in [0.717, 1.165) is 0 Å². The van der Waals surface area contributed by atoms with Crippen LogP contribution in [0.15, 0.2) is 40.8 Å². The molecule has 1 aromatic heterocycles. The molecule has 0 unspecified atom stereocenters. The lowest BCUT2D eigenvalue weighted by atomic mass is 10.2. The number of carbonyl (C=O) groups excluding carboxylic acids is 2. The van der Waals surface area contributed by atoms with Crippen LogP contribution >= 0.6 is 11.6 Å². The highest BCUT2D eigenvalue weighted by atomic mass is 35.5. The van der Waals surface area contributed by atoms with Gasteiger partial charge in [0.2, 0.25) is 5.76 Å². The van der Waals surface area contributed by atoms with Gasteiger partial charge in [0.1, 0.15) is 5.76 Å². The van der Waals surface area contributed by atoms with Crippen molar-refractivity contribution in [2.24, 2.45) is 0 Å². The Morgan fingerprint density at radius 2 is 1.81 bits per heavy atom. The first-order valence-corrected chi connectivity index (χ1v) is 9.23. The van der Waals surface area contributed by atoms with E-state index in [1.54, 1.807) is 30.0 Å². The zero-order valence-electron chi connectivity index (χ0n) is 15.5. The van der Waals surface area contributed by atoms with Gasteiger partial charge in [-0.3, -0.25) is 4.79 Å². The number of furan rings is 1. The van der Waals surface area contributed by atoms with Crippen LogP contribution in [0.4, 0.5) is 0 Å². The Labute approximate surface area is 163 Å². The first kappa shape index (κ1) is 19.5. The number of carbonyl (C=O) groups is 2. The van der Waals surface area contributed by atoms with Crippen molar-refractivity contribution >= 4 is 23.5 Å². The van der Waals surface area contributed by atoms with Crippen LogP contribution in [0.2, 0.25) is 5.02 Å². The molecule has 27 heavy (non-hydrogen) atoms. The molecule has 144 valence electrons. The van der Waals surface area contributed by atoms with Crippen LogP contribution in [0.25, 0.3) is 11.3 Å². The molecular weight excluding hydrogens is 370 g/mol. The molecule has 1 saturated heterocycles. The monoisotopic (exact) mass is 391 g/mol. The summed E-state index contributed by atoms with van der Waals surface area (Å²) in [6, 6.07) is 10.3. The third-order valence-corrected chi connectivity index (χ3v) is 4.64. The Morgan fingerprint density at radius 3 is 2.48 bits per heavy atom. The second-order valence-corrected chi connectivity index (χ2v) is 7.10. The van der Waals surface area contributed by atoms with Gasteiger partial charge in [-0.05, 0) is 45.0 Å². The van der Waals surface area contributed by atoms with Crippen LogP contribution in [0.3, 0.4) is 0 Å². The molecule has 7 heteroatoms. The van der Waals surface area contributed by atoms with E-state index in [9.17, 15) is 9.59 Å². The molecule has 3 atom stereocenters. The minimum absolute atomic E-state index is 0.0216. The lowest BCUT2D eigenvalue weighted by Gasteiger charge is -2.36. The maximum Gasteiger partial charge on any atom is 0.375 e. The predicted molar refractivity (Wildman–Crippen MR) is 101 cm³/mol. The van der Waals surface area contributed by atoms with Gasteiger partial charge in [0.15, 0.2) is 6.10 Å².